The lowest BCUT2D eigenvalue weighted by Gasteiger charge is -2.46. The monoisotopic (exact) mass is 1360 g/mol. The largest absolute Gasteiger partial charge is 0.311 e. The highest BCUT2D eigenvalue weighted by Crippen LogP contribution is 2.54. The summed E-state index contributed by atoms with van der Waals surface area (Å²) in [5.41, 5.74) is 19.3. The Kier molecular flexibility index (Phi) is 13.6. The first-order chi connectivity index (χ1) is 53.8. The molecule has 104 heavy (non-hydrogen) atoms. The molecule has 0 N–H and O–H groups in total. The van der Waals surface area contributed by atoms with E-state index >= 15 is 0 Å². The van der Waals surface area contributed by atoms with Gasteiger partial charge in [-0.05, 0) is 206 Å². The number of nitriles is 2. The Hall–Kier alpha value is -10.9. The number of anilines is 6. The minimum Gasteiger partial charge on any atom is -0.311 e. The third kappa shape index (κ3) is 12.2. The molecule has 3 heterocycles. The molecule has 2 aliphatic heterocycles. The molecule has 0 unspecified atom stereocenters. The third-order valence-corrected chi connectivity index (χ3v) is 21.0. The second kappa shape index (κ2) is 24.9. The zero-order valence-electron chi connectivity index (χ0n) is 74.1. The van der Waals surface area contributed by atoms with Crippen molar-refractivity contribution in [2.45, 2.75) is 157 Å². The molecule has 0 fully saturated rings. The first-order valence-corrected chi connectivity index (χ1v) is 36.1. The summed E-state index contributed by atoms with van der Waals surface area (Å²) in [5, 5.41) is 22.0. The van der Waals surface area contributed by atoms with Crippen molar-refractivity contribution in [2.75, 3.05) is 9.80 Å². The number of fused-ring (bicyclic) bond motifs is 7. The smallest absolute Gasteiger partial charge is 0.252 e. The summed E-state index contributed by atoms with van der Waals surface area (Å²) in [7, 11) is 0. The van der Waals surface area contributed by atoms with E-state index < -0.39 is 95.3 Å². The molecule has 0 radical (unpaired) electrons. The van der Waals surface area contributed by atoms with Gasteiger partial charge in [0, 0.05) is 50.3 Å². The summed E-state index contributed by atoms with van der Waals surface area (Å²) < 4.78 is 105. The van der Waals surface area contributed by atoms with Gasteiger partial charge in [0.05, 0.1) is 54.7 Å². The molecule has 0 aliphatic carbocycles. The Morgan fingerprint density at radius 3 is 1.29 bits per heavy atom. The molecular formula is C98H94BN5. The Morgan fingerprint density at radius 2 is 0.808 bits per heavy atom. The summed E-state index contributed by atoms with van der Waals surface area (Å²) in [6.45, 7) is 40.1. The van der Waals surface area contributed by atoms with Crippen molar-refractivity contribution < 1.29 is 15.1 Å². The molecule has 0 amide bonds. The van der Waals surface area contributed by atoms with Crippen LogP contribution in [0, 0.1) is 22.7 Å². The van der Waals surface area contributed by atoms with E-state index in [4.69, 9.17) is 4.11 Å². The van der Waals surface area contributed by atoms with Gasteiger partial charge in [0.15, 0.2) is 0 Å². The van der Waals surface area contributed by atoms with E-state index in [9.17, 15) is 21.5 Å². The minimum absolute atomic E-state index is 0.00297. The summed E-state index contributed by atoms with van der Waals surface area (Å²) in [6.07, 6.45) is 0. The molecular weight excluding hydrogens is 1260 g/mol. The summed E-state index contributed by atoms with van der Waals surface area (Å²) in [4.78, 5) is 4.79. The van der Waals surface area contributed by atoms with Crippen LogP contribution in [-0.4, -0.2) is 11.3 Å². The summed E-state index contributed by atoms with van der Waals surface area (Å²) in [6, 6.07) is 61.0. The van der Waals surface area contributed by atoms with Crippen LogP contribution in [0.2, 0.25) is 0 Å². The van der Waals surface area contributed by atoms with Crippen LogP contribution in [0.5, 0.6) is 0 Å². The second-order valence-electron chi connectivity index (χ2n) is 34.5. The average Bonchev–Trinajstić information content (AvgIpc) is 1.54. The number of aromatic nitrogens is 1. The van der Waals surface area contributed by atoms with Gasteiger partial charge in [-0.1, -0.05) is 288 Å². The van der Waals surface area contributed by atoms with Gasteiger partial charge in [-0.2, -0.15) is 10.5 Å². The molecule has 0 saturated heterocycles. The van der Waals surface area contributed by atoms with Crippen LogP contribution in [0.4, 0.5) is 34.1 Å². The van der Waals surface area contributed by atoms with Crippen LogP contribution in [0.1, 0.15) is 184 Å². The molecule has 12 aromatic carbocycles. The Balaban J connectivity index is 1.14. The molecule has 15 rings (SSSR count). The first-order valence-electron chi connectivity index (χ1n) is 41.6. The molecule has 0 saturated carbocycles. The average molecular weight is 1360 g/mol. The lowest BCUT2D eigenvalue weighted by molar-refractivity contribution is 0.568. The maximum absolute atomic E-state index is 11.8. The number of benzene rings is 12. The van der Waals surface area contributed by atoms with E-state index in [1.807, 2.05) is 12.1 Å². The van der Waals surface area contributed by atoms with E-state index in [-0.39, 0.29) is 60.1 Å². The van der Waals surface area contributed by atoms with Gasteiger partial charge in [0.2, 0.25) is 0 Å². The normalized spacial score (nSPS) is 14.7. The van der Waals surface area contributed by atoms with Gasteiger partial charge < -0.3 is 14.4 Å². The summed E-state index contributed by atoms with van der Waals surface area (Å²) >= 11 is 0. The Labute approximate surface area is 633 Å². The van der Waals surface area contributed by atoms with Gasteiger partial charge in [0.1, 0.15) is 6.07 Å². The maximum atomic E-state index is 11.8. The Bertz CT molecular complexity index is 6250. The van der Waals surface area contributed by atoms with Gasteiger partial charge in [-0.15, -0.1) is 0 Å². The van der Waals surface area contributed by atoms with Crippen LogP contribution in [0.3, 0.4) is 0 Å². The predicted octanol–water partition coefficient (Wildman–Crippen LogP) is 24.7. The SMILES string of the molecule is [2H]c1c([2H])c([2H])c(-c2c([2H])c([2H])c3c4c([2H])c(C#N)c([2H])c([2H])c4n(-c4cc(N5c6cc(-c7cc(C(C)(C)C)cc(C(C)(C)C)c7)ccc6B6c7ccc(-c8cc(C(C)(C)C)cc(C(C)(C)C)c8)cc7N(c7c(-c8ccccc8)cc(C(C)(C)C)cc7-c7ccccc7)c7cc(C(C)(C)C)cc5c76)ccc4C#N)c3c2[2H])c([2H])c1[2H]. The molecule has 0 spiro atoms. The predicted molar refractivity (Wildman–Crippen MR) is 444 cm³/mol. The Morgan fingerprint density at radius 1 is 0.337 bits per heavy atom. The molecule has 6 heteroatoms. The van der Waals surface area contributed by atoms with E-state index in [0.717, 1.165) is 112 Å². The highest BCUT2D eigenvalue weighted by molar-refractivity contribution is 7.00. The minimum atomic E-state index is -0.734. The van der Waals surface area contributed by atoms with Crippen molar-refractivity contribution in [1.29, 1.82) is 10.5 Å². The number of hydrogen-bond acceptors (Lipinski definition) is 4. The molecule has 514 valence electrons. The number of nitrogens with zero attached hydrogens (tertiary/aromatic N) is 5. The van der Waals surface area contributed by atoms with E-state index in [0.29, 0.717) is 5.69 Å². The fourth-order valence-electron chi connectivity index (χ4n) is 14.9. The van der Waals surface area contributed by atoms with Gasteiger partial charge in [0.25, 0.3) is 6.71 Å². The van der Waals surface area contributed by atoms with Gasteiger partial charge in [-0.3, -0.25) is 0 Å². The van der Waals surface area contributed by atoms with Crippen molar-refractivity contribution in [1.82, 2.24) is 4.57 Å². The highest BCUT2D eigenvalue weighted by atomic mass is 15.2. The number of hydrogen-bond donors (Lipinski definition) is 0. The van der Waals surface area contributed by atoms with E-state index in [1.54, 1.807) is 12.1 Å². The zero-order chi connectivity index (χ0) is 83.1. The highest BCUT2D eigenvalue weighted by Gasteiger charge is 2.46. The van der Waals surface area contributed by atoms with Crippen LogP contribution < -0.4 is 26.2 Å². The third-order valence-electron chi connectivity index (χ3n) is 21.0. The fourth-order valence-corrected chi connectivity index (χ4v) is 14.9. The van der Waals surface area contributed by atoms with Crippen molar-refractivity contribution in [3.63, 3.8) is 0 Å². The van der Waals surface area contributed by atoms with Crippen molar-refractivity contribution >= 4 is 79.0 Å². The van der Waals surface area contributed by atoms with Crippen LogP contribution >= 0.6 is 0 Å². The fraction of sp³-hybridized carbons (Fsp3) is 0.245. The van der Waals surface area contributed by atoms with Crippen molar-refractivity contribution in [2.24, 2.45) is 0 Å². The first kappa shape index (κ1) is 56.6. The topological polar surface area (TPSA) is 59.0 Å². The van der Waals surface area contributed by atoms with E-state index in [2.05, 4.69) is 298 Å². The molecule has 1 aromatic heterocycles. The van der Waals surface area contributed by atoms with Crippen molar-refractivity contribution in [3.8, 4) is 73.5 Å². The van der Waals surface area contributed by atoms with Gasteiger partial charge in [-0.25, -0.2) is 0 Å². The zero-order valence-corrected chi connectivity index (χ0v) is 63.1. The van der Waals surface area contributed by atoms with Crippen molar-refractivity contribution in [3.05, 3.63) is 287 Å². The lowest BCUT2D eigenvalue weighted by Crippen LogP contribution is -2.61. The molecule has 2 aliphatic rings. The van der Waals surface area contributed by atoms with Crippen LogP contribution in [0.25, 0.3) is 83.1 Å². The second-order valence-corrected chi connectivity index (χ2v) is 34.5. The quantitative estimate of drug-likeness (QED) is 0.142. The van der Waals surface area contributed by atoms with Gasteiger partial charge >= 0.3 is 0 Å². The molecule has 0 bridgehead atoms. The number of rotatable bonds is 8. The van der Waals surface area contributed by atoms with Crippen LogP contribution in [-0.2, 0) is 32.5 Å². The molecule has 5 nitrogen and oxygen atoms in total. The summed E-state index contributed by atoms with van der Waals surface area (Å²) in [5.74, 6) is 0. The van der Waals surface area contributed by atoms with Crippen LogP contribution in [0.15, 0.2) is 242 Å². The molecule has 13 aromatic rings. The molecule has 0 atom stereocenters. The van der Waals surface area contributed by atoms with E-state index in [1.165, 1.54) is 15.7 Å². The standard InChI is InChI=1S/C98H94BN5/c1-93(2,3)71-45-69(46-72(52-71)94(4,5)6)66-37-41-82-87(50-66)102(77-39-35-68(60-101)85(58-77)103-84-43-34-61(59-100)44-81(84)78-40-36-65(49-86(78)103)62-28-22-19-23-29-62)89-56-76(98(16,17)18)57-90-91(89)99(82)83-42-38-67(70-47-73(95(7,8)9)53-74(48-70)96(10,11)12)51-88(83)104(90)92-79(63-30-24-20-25-31-63)54-75(97(13,14)15)55-80(92)64-32-26-21-27-33-64/h19-58H,1-18H3/i19D,22D,23D,28D,29D,34D,36D,40D,43D,44D,49D. The maximum Gasteiger partial charge on any atom is 0.252 e. The lowest BCUT2D eigenvalue weighted by atomic mass is 9.33.